The van der Waals surface area contributed by atoms with Gasteiger partial charge in [-0.3, -0.25) is 9.89 Å². The summed E-state index contributed by atoms with van der Waals surface area (Å²) in [6, 6.07) is 8.63. The number of hydrogen-bond donors (Lipinski definition) is 2. The first-order valence-corrected chi connectivity index (χ1v) is 10.8. The van der Waals surface area contributed by atoms with E-state index in [0.29, 0.717) is 18.5 Å². The van der Waals surface area contributed by atoms with E-state index in [1.807, 2.05) is 0 Å². The van der Waals surface area contributed by atoms with Crippen LogP contribution in [0, 0.1) is 5.41 Å². The molecule has 3 aliphatic heterocycles. The van der Waals surface area contributed by atoms with Crippen LogP contribution in [0.4, 0.5) is 0 Å². The number of aliphatic hydroxyl groups is 1. The van der Waals surface area contributed by atoms with Crippen LogP contribution in [0.1, 0.15) is 30.9 Å². The summed E-state index contributed by atoms with van der Waals surface area (Å²) in [7, 11) is 0. The van der Waals surface area contributed by atoms with E-state index in [1.165, 1.54) is 17.5 Å². The fourth-order valence-electron chi connectivity index (χ4n) is 4.77. The zero-order valence-corrected chi connectivity index (χ0v) is 19.8. The second-order valence-corrected chi connectivity index (χ2v) is 8.58. The highest BCUT2D eigenvalue weighted by molar-refractivity contribution is 14.0. The van der Waals surface area contributed by atoms with Gasteiger partial charge in [0.25, 0.3) is 0 Å². The van der Waals surface area contributed by atoms with Gasteiger partial charge in [-0.2, -0.15) is 0 Å². The van der Waals surface area contributed by atoms with E-state index in [1.54, 1.807) is 0 Å². The minimum Gasteiger partial charge on any atom is -0.390 e. The Kier molecular flexibility index (Phi) is 8.18. The van der Waals surface area contributed by atoms with E-state index >= 15 is 0 Å². The number of nitrogens with one attached hydrogen (secondary N) is 1. The van der Waals surface area contributed by atoms with Crippen LogP contribution in [0.3, 0.4) is 0 Å². The fourth-order valence-corrected chi connectivity index (χ4v) is 4.77. The van der Waals surface area contributed by atoms with Gasteiger partial charge in [0.05, 0.1) is 19.3 Å². The number of β-amino-alcohol motifs (C(OH)–C–C–N with tert-alkyl or cyclic N) is 1. The first kappa shape index (κ1) is 22.8. The van der Waals surface area contributed by atoms with E-state index in [-0.39, 0.29) is 24.0 Å². The molecule has 2 fully saturated rings. The van der Waals surface area contributed by atoms with Gasteiger partial charge in [-0.15, -0.1) is 24.0 Å². The molecule has 6 nitrogen and oxygen atoms in total. The van der Waals surface area contributed by atoms with Crippen molar-refractivity contribution in [2.24, 2.45) is 10.4 Å². The van der Waals surface area contributed by atoms with Gasteiger partial charge in [-0.1, -0.05) is 24.3 Å². The van der Waals surface area contributed by atoms with Crippen LogP contribution in [0.2, 0.25) is 0 Å². The van der Waals surface area contributed by atoms with Gasteiger partial charge in [-0.25, -0.2) is 0 Å². The van der Waals surface area contributed by atoms with Gasteiger partial charge in [0.1, 0.15) is 0 Å². The van der Waals surface area contributed by atoms with Gasteiger partial charge in [0, 0.05) is 51.3 Å². The molecule has 1 aromatic carbocycles. The third-order valence-corrected chi connectivity index (χ3v) is 6.39. The van der Waals surface area contributed by atoms with Crippen molar-refractivity contribution in [3.63, 3.8) is 0 Å². The molecule has 0 aromatic heterocycles. The molecule has 4 rings (SSSR count). The lowest BCUT2D eigenvalue weighted by molar-refractivity contribution is 0.111. The normalized spacial score (nSPS) is 25.7. The molecule has 0 radical (unpaired) electrons. The summed E-state index contributed by atoms with van der Waals surface area (Å²) in [6.45, 7) is 9.79. The van der Waals surface area contributed by atoms with E-state index in [9.17, 15) is 5.11 Å². The largest absolute Gasteiger partial charge is 0.390 e. The Morgan fingerprint density at radius 3 is 2.86 bits per heavy atom. The Balaban J connectivity index is 0.00000240. The molecule has 1 aromatic rings. The van der Waals surface area contributed by atoms with E-state index in [4.69, 9.17) is 9.73 Å². The van der Waals surface area contributed by atoms with Crippen molar-refractivity contribution < 1.29 is 9.84 Å². The molecule has 3 aliphatic rings. The molecule has 2 atom stereocenters. The Labute approximate surface area is 191 Å². The lowest BCUT2D eigenvalue weighted by Gasteiger charge is -2.30. The molecule has 0 bridgehead atoms. The molecule has 0 aliphatic carbocycles. The topological polar surface area (TPSA) is 60.3 Å². The molecule has 29 heavy (non-hydrogen) atoms. The van der Waals surface area contributed by atoms with Crippen LogP contribution >= 0.6 is 24.0 Å². The van der Waals surface area contributed by atoms with Crippen LogP contribution in [-0.4, -0.2) is 79.5 Å². The fraction of sp³-hybridized carbons (Fsp3) is 0.682. The highest BCUT2D eigenvalue weighted by Gasteiger charge is 2.42. The number of fused-ring (bicyclic) bond motifs is 1. The molecule has 1 spiro atoms. The van der Waals surface area contributed by atoms with E-state index < -0.39 is 6.10 Å². The van der Waals surface area contributed by atoms with Crippen molar-refractivity contribution in [3.05, 3.63) is 35.4 Å². The number of rotatable bonds is 5. The highest BCUT2D eigenvalue weighted by Crippen LogP contribution is 2.38. The molecule has 3 heterocycles. The number of aliphatic imine (C=N–C) groups is 1. The monoisotopic (exact) mass is 514 g/mol. The van der Waals surface area contributed by atoms with Crippen molar-refractivity contribution in [2.75, 3.05) is 52.5 Å². The van der Waals surface area contributed by atoms with Crippen LogP contribution < -0.4 is 5.32 Å². The maximum atomic E-state index is 10.6. The molecule has 0 amide bonds. The summed E-state index contributed by atoms with van der Waals surface area (Å²) in [6.07, 6.45) is 2.95. The number of benzene rings is 1. The Morgan fingerprint density at radius 1 is 1.28 bits per heavy atom. The second kappa shape index (κ2) is 10.4. The van der Waals surface area contributed by atoms with Crippen LogP contribution in [-0.2, 0) is 17.7 Å². The molecule has 2 saturated heterocycles. The molecule has 2 unspecified atom stereocenters. The summed E-state index contributed by atoms with van der Waals surface area (Å²) in [5.74, 6) is 0.939. The number of likely N-dealkylation sites (tertiary alicyclic amines) is 1. The van der Waals surface area contributed by atoms with Gasteiger partial charge >= 0.3 is 0 Å². The SMILES string of the molecule is CCNC(=NCC(O)CN1CCc2ccccc2C1)N1CCC2(CCOC2)C1.I. The average Bonchev–Trinajstić information content (AvgIpc) is 3.35. The second-order valence-electron chi connectivity index (χ2n) is 8.58. The van der Waals surface area contributed by atoms with Crippen molar-refractivity contribution in [1.29, 1.82) is 0 Å². The zero-order chi connectivity index (χ0) is 19.4. The Hall–Kier alpha value is -0.900. The van der Waals surface area contributed by atoms with Crippen molar-refractivity contribution in [1.82, 2.24) is 15.1 Å². The van der Waals surface area contributed by atoms with Gasteiger partial charge in [-0.05, 0) is 37.3 Å². The van der Waals surface area contributed by atoms with Gasteiger partial charge in [0.15, 0.2) is 5.96 Å². The highest BCUT2D eigenvalue weighted by atomic mass is 127. The van der Waals surface area contributed by atoms with Crippen LogP contribution in [0.25, 0.3) is 0 Å². The summed E-state index contributed by atoms with van der Waals surface area (Å²) in [5.41, 5.74) is 3.15. The minimum atomic E-state index is -0.440. The van der Waals surface area contributed by atoms with Gasteiger partial charge in [0.2, 0.25) is 0 Å². The van der Waals surface area contributed by atoms with Crippen molar-refractivity contribution in [3.8, 4) is 0 Å². The quantitative estimate of drug-likeness (QED) is 0.358. The Bertz CT molecular complexity index is 693. The van der Waals surface area contributed by atoms with Crippen molar-refractivity contribution in [2.45, 2.75) is 38.8 Å². The summed E-state index contributed by atoms with van der Waals surface area (Å²) in [5, 5.41) is 14.0. The van der Waals surface area contributed by atoms with Crippen LogP contribution in [0.15, 0.2) is 29.3 Å². The molecular formula is C22H35IN4O2. The third kappa shape index (κ3) is 5.62. The molecule has 162 valence electrons. The maximum absolute atomic E-state index is 10.6. The third-order valence-electron chi connectivity index (χ3n) is 6.39. The first-order chi connectivity index (χ1) is 13.7. The van der Waals surface area contributed by atoms with Crippen molar-refractivity contribution >= 4 is 29.9 Å². The predicted molar refractivity (Wildman–Crippen MR) is 127 cm³/mol. The summed E-state index contributed by atoms with van der Waals surface area (Å²) in [4.78, 5) is 9.47. The van der Waals surface area contributed by atoms with E-state index in [2.05, 4.69) is 46.3 Å². The molecule has 7 heteroatoms. The van der Waals surface area contributed by atoms with Crippen LogP contribution in [0.5, 0.6) is 0 Å². The number of aliphatic hydroxyl groups excluding tert-OH is 1. The van der Waals surface area contributed by atoms with E-state index in [0.717, 1.165) is 64.7 Å². The number of nitrogens with zero attached hydrogens (tertiary/aromatic N) is 3. The number of hydrogen-bond acceptors (Lipinski definition) is 4. The van der Waals surface area contributed by atoms with Gasteiger partial charge < -0.3 is 20.1 Å². The molecular weight excluding hydrogens is 479 g/mol. The number of halogens is 1. The lowest BCUT2D eigenvalue weighted by atomic mass is 9.87. The smallest absolute Gasteiger partial charge is 0.194 e. The summed E-state index contributed by atoms with van der Waals surface area (Å²) >= 11 is 0. The molecule has 2 N–H and O–H groups in total. The average molecular weight is 514 g/mol. The number of ether oxygens (including phenoxy) is 1. The zero-order valence-electron chi connectivity index (χ0n) is 17.5. The number of guanidine groups is 1. The lowest BCUT2D eigenvalue weighted by Crippen LogP contribution is -2.42. The Morgan fingerprint density at radius 2 is 2.10 bits per heavy atom. The minimum absolute atomic E-state index is 0. The standard InChI is InChI=1S/C22H34N4O2.HI/c1-2-23-21(26-11-8-22(16-26)9-12-28-17-22)24-13-20(27)15-25-10-7-18-5-3-4-6-19(18)14-25;/h3-6,20,27H,2,7-17H2,1H3,(H,23,24);1H. The predicted octanol–water partition coefficient (Wildman–Crippen LogP) is 2.10. The summed E-state index contributed by atoms with van der Waals surface area (Å²) < 4.78 is 5.65. The molecule has 0 saturated carbocycles. The first-order valence-electron chi connectivity index (χ1n) is 10.8. The maximum Gasteiger partial charge on any atom is 0.194 e.